The van der Waals surface area contributed by atoms with Crippen molar-refractivity contribution < 1.29 is 0 Å². The molecule has 1 fully saturated rings. The molecule has 0 aromatic carbocycles. The molecule has 0 unspecified atom stereocenters. The molecule has 2 rings (SSSR count). The van der Waals surface area contributed by atoms with Gasteiger partial charge in [-0.25, -0.2) is 0 Å². The summed E-state index contributed by atoms with van der Waals surface area (Å²) in [4.78, 5) is 0. The molecular weight excluding hydrogens is 204 g/mol. The maximum absolute atomic E-state index is 2.56. The fourth-order valence-corrected chi connectivity index (χ4v) is 3.68. The fraction of sp³-hybridized carbons (Fsp3) is 0.765. The second-order valence-corrected chi connectivity index (χ2v) is 6.45. The molecule has 0 heteroatoms. The van der Waals surface area contributed by atoms with Crippen molar-refractivity contribution in [1.82, 2.24) is 0 Å². The molecule has 0 aliphatic heterocycles. The van der Waals surface area contributed by atoms with Gasteiger partial charge < -0.3 is 0 Å². The average Bonchev–Trinajstić information content (AvgIpc) is 2.74. The van der Waals surface area contributed by atoms with Crippen LogP contribution in [-0.2, 0) is 0 Å². The van der Waals surface area contributed by atoms with Crippen LogP contribution in [0.5, 0.6) is 0 Å². The third-order valence-electron chi connectivity index (χ3n) is 4.52. The fourth-order valence-electron chi connectivity index (χ4n) is 3.68. The molecule has 0 aromatic rings. The van der Waals surface area contributed by atoms with E-state index in [2.05, 4.69) is 33.8 Å². The highest BCUT2D eigenvalue weighted by Crippen LogP contribution is 2.43. The first-order valence-corrected chi connectivity index (χ1v) is 7.54. The Hall–Kier alpha value is -0.520. The Kier molecular flexibility index (Phi) is 4.12. The van der Waals surface area contributed by atoms with Crippen LogP contribution in [0, 0.1) is 17.8 Å². The van der Waals surface area contributed by atoms with Crippen molar-refractivity contribution in [3.63, 3.8) is 0 Å². The van der Waals surface area contributed by atoms with Crippen LogP contribution >= 0.6 is 0 Å². The molecule has 0 radical (unpaired) electrons. The number of hydrogen-bond acceptors (Lipinski definition) is 0. The van der Waals surface area contributed by atoms with Crippen molar-refractivity contribution in [1.29, 1.82) is 0 Å². The lowest BCUT2D eigenvalue weighted by Gasteiger charge is -2.27. The van der Waals surface area contributed by atoms with Crippen molar-refractivity contribution in [3.05, 3.63) is 22.8 Å². The van der Waals surface area contributed by atoms with E-state index < -0.39 is 0 Å². The Morgan fingerprint density at radius 1 is 0.941 bits per heavy atom. The third-order valence-corrected chi connectivity index (χ3v) is 4.52. The molecule has 0 heterocycles. The summed E-state index contributed by atoms with van der Waals surface area (Å²) in [5, 5.41) is 0. The van der Waals surface area contributed by atoms with Crippen LogP contribution in [0.4, 0.5) is 0 Å². The summed E-state index contributed by atoms with van der Waals surface area (Å²) in [5.74, 6) is 2.32. The second-order valence-electron chi connectivity index (χ2n) is 6.45. The van der Waals surface area contributed by atoms with Crippen LogP contribution in [0.2, 0.25) is 0 Å². The summed E-state index contributed by atoms with van der Waals surface area (Å²) < 4.78 is 0. The largest absolute Gasteiger partial charge is 0.0767 e. The minimum Gasteiger partial charge on any atom is -0.0767 e. The summed E-state index contributed by atoms with van der Waals surface area (Å²) >= 11 is 0. The summed E-state index contributed by atoms with van der Waals surface area (Å²) in [6.45, 7) is 9.46. The Labute approximate surface area is 107 Å². The van der Waals surface area contributed by atoms with E-state index in [1.54, 1.807) is 16.7 Å². The monoisotopic (exact) mass is 232 g/mol. The average molecular weight is 232 g/mol. The summed E-state index contributed by atoms with van der Waals surface area (Å²) in [5.41, 5.74) is 5.19. The van der Waals surface area contributed by atoms with E-state index in [-0.39, 0.29) is 0 Å². The minimum atomic E-state index is 0.711. The molecule has 0 nitrogen and oxygen atoms in total. The zero-order valence-corrected chi connectivity index (χ0v) is 12.1. The van der Waals surface area contributed by atoms with Crippen molar-refractivity contribution in [3.8, 4) is 0 Å². The highest BCUT2D eigenvalue weighted by molar-refractivity contribution is 5.45. The molecule has 2 aliphatic carbocycles. The topological polar surface area (TPSA) is 0 Å². The number of rotatable bonds is 3. The molecule has 0 saturated heterocycles. The lowest BCUT2D eigenvalue weighted by molar-refractivity contribution is 0.402. The number of allylic oxidation sites excluding steroid dienone is 4. The zero-order chi connectivity index (χ0) is 12.4. The van der Waals surface area contributed by atoms with E-state index in [1.807, 2.05) is 0 Å². The quantitative estimate of drug-likeness (QED) is 0.602. The van der Waals surface area contributed by atoms with E-state index in [1.165, 1.54) is 38.5 Å². The van der Waals surface area contributed by atoms with E-state index in [0.29, 0.717) is 5.92 Å². The van der Waals surface area contributed by atoms with Crippen LogP contribution < -0.4 is 0 Å². The smallest absolute Gasteiger partial charge is 0.0124 e. The Balaban J connectivity index is 2.22. The van der Waals surface area contributed by atoms with Crippen molar-refractivity contribution in [2.45, 2.75) is 66.2 Å². The van der Waals surface area contributed by atoms with E-state index in [0.717, 1.165) is 11.8 Å². The summed E-state index contributed by atoms with van der Waals surface area (Å²) in [7, 11) is 0. The van der Waals surface area contributed by atoms with Crippen molar-refractivity contribution in [2.24, 2.45) is 17.8 Å². The van der Waals surface area contributed by atoms with Gasteiger partial charge in [-0.3, -0.25) is 0 Å². The first kappa shape index (κ1) is 12.9. The first-order chi connectivity index (χ1) is 8.11. The SMILES string of the molecule is CC(C)C1=C(C(C)C)C(C2CCCCC2)=CC1. The predicted octanol–water partition coefficient (Wildman–Crippen LogP) is 5.51. The van der Waals surface area contributed by atoms with Crippen LogP contribution in [0.1, 0.15) is 66.2 Å². The molecule has 2 aliphatic rings. The minimum absolute atomic E-state index is 0.711. The molecule has 17 heavy (non-hydrogen) atoms. The first-order valence-electron chi connectivity index (χ1n) is 7.54. The summed E-state index contributed by atoms with van der Waals surface area (Å²) in [6.07, 6.45) is 11.0. The van der Waals surface area contributed by atoms with E-state index >= 15 is 0 Å². The number of hydrogen-bond donors (Lipinski definition) is 0. The summed E-state index contributed by atoms with van der Waals surface area (Å²) in [6, 6.07) is 0. The van der Waals surface area contributed by atoms with Crippen molar-refractivity contribution in [2.75, 3.05) is 0 Å². The van der Waals surface area contributed by atoms with Crippen LogP contribution in [0.25, 0.3) is 0 Å². The van der Waals surface area contributed by atoms with Crippen LogP contribution in [-0.4, -0.2) is 0 Å². The molecule has 0 aromatic heterocycles. The van der Waals surface area contributed by atoms with Gasteiger partial charge in [0.05, 0.1) is 0 Å². The molecule has 1 saturated carbocycles. The Morgan fingerprint density at radius 2 is 1.59 bits per heavy atom. The van der Waals surface area contributed by atoms with Gasteiger partial charge in [0.2, 0.25) is 0 Å². The highest BCUT2D eigenvalue weighted by atomic mass is 14.3. The second kappa shape index (κ2) is 5.42. The highest BCUT2D eigenvalue weighted by Gasteiger charge is 2.28. The molecular formula is C17H28. The van der Waals surface area contributed by atoms with Gasteiger partial charge in [0.1, 0.15) is 0 Å². The lowest BCUT2D eigenvalue weighted by Crippen LogP contribution is -2.13. The van der Waals surface area contributed by atoms with Gasteiger partial charge in [-0.05, 0) is 48.2 Å². The predicted molar refractivity (Wildman–Crippen MR) is 76.0 cm³/mol. The molecule has 0 N–H and O–H groups in total. The standard InChI is InChI=1S/C17H28/c1-12(2)15-10-11-16(17(15)13(3)4)14-8-6-5-7-9-14/h11-14H,5-10H2,1-4H3. The molecule has 0 spiro atoms. The lowest BCUT2D eigenvalue weighted by atomic mass is 9.78. The van der Waals surface area contributed by atoms with Gasteiger partial charge in [-0.15, -0.1) is 0 Å². The van der Waals surface area contributed by atoms with Crippen LogP contribution in [0.15, 0.2) is 22.8 Å². The van der Waals surface area contributed by atoms with Crippen molar-refractivity contribution >= 4 is 0 Å². The van der Waals surface area contributed by atoms with E-state index in [9.17, 15) is 0 Å². The van der Waals surface area contributed by atoms with Gasteiger partial charge in [-0.1, -0.05) is 58.6 Å². The zero-order valence-electron chi connectivity index (χ0n) is 12.1. The maximum atomic E-state index is 2.56. The Morgan fingerprint density at radius 3 is 2.12 bits per heavy atom. The van der Waals surface area contributed by atoms with Gasteiger partial charge in [0.25, 0.3) is 0 Å². The van der Waals surface area contributed by atoms with Gasteiger partial charge in [0, 0.05) is 0 Å². The molecule has 96 valence electrons. The normalized spacial score (nSPS) is 22.8. The van der Waals surface area contributed by atoms with Gasteiger partial charge in [0.15, 0.2) is 0 Å². The van der Waals surface area contributed by atoms with Crippen LogP contribution in [0.3, 0.4) is 0 Å². The molecule has 0 amide bonds. The van der Waals surface area contributed by atoms with Gasteiger partial charge in [-0.2, -0.15) is 0 Å². The molecule has 0 atom stereocenters. The van der Waals surface area contributed by atoms with Gasteiger partial charge >= 0.3 is 0 Å². The Bertz CT molecular complexity index is 322. The molecule has 0 bridgehead atoms. The maximum Gasteiger partial charge on any atom is -0.0124 e. The third kappa shape index (κ3) is 2.67. The van der Waals surface area contributed by atoms with E-state index in [4.69, 9.17) is 0 Å².